The summed E-state index contributed by atoms with van der Waals surface area (Å²) in [5, 5.41) is 5.76. The Kier molecular flexibility index (Phi) is 6.26. The van der Waals surface area contributed by atoms with Crippen LogP contribution in [0.3, 0.4) is 0 Å². The number of nitrogens with zero attached hydrogens (tertiary/aromatic N) is 1. The Hall–Kier alpha value is -1.07. The molecule has 1 N–H and O–H groups in total. The Balaban J connectivity index is 1.71. The molecule has 1 atom stereocenters. The monoisotopic (exact) mass is 324 g/mol. The van der Waals surface area contributed by atoms with E-state index < -0.39 is 5.60 Å². The zero-order valence-corrected chi connectivity index (χ0v) is 14.7. The van der Waals surface area contributed by atoms with Crippen LogP contribution in [0, 0.1) is 0 Å². The van der Waals surface area contributed by atoms with Gasteiger partial charge in [0.2, 0.25) is 0 Å². The first-order valence-corrected chi connectivity index (χ1v) is 9.06. The Labute approximate surface area is 137 Å². The second-order valence-corrected chi connectivity index (χ2v) is 7.91. The lowest BCUT2D eigenvalue weighted by molar-refractivity contribution is 0.0256. The van der Waals surface area contributed by atoms with Crippen LogP contribution in [0.25, 0.3) is 0 Å². The van der Waals surface area contributed by atoms with Gasteiger partial charge in [-0.15, -0.1) is 11.3 Å². The molecular formula is C17H28N2O2S. The standard InChI is InChI=1S/C17H28N2O2S/c1-17(2,3)21-16(20)19-11-4-6-14(9-12-19)18-10-8-15-7-5-13-22-15/h5,7,13-14,18H,4,6,8-12H2,1-3H3. The molecule has 5 heteroatoms. The van der Waals surface area contributed by atoms with Crippen molar-refractivity contribution in [2.24, 2.45) is 0 Å². The van der Waals surface area contributed by atoms with E-state index >= 15 is 0 Å². The Morgan fingerprint density at radius 1 is 1.41 bits per heavy atom. The van der Waals surface area contributed by atoms with E-state index in [9.17, 15) is 4.79 Å². The van der Waals surface area contributed by atoms with Crippen molar-refractivity contribution >= 4 is 17.4 Å². The van der Waals surface area contributed by atoms with E-state index in [4.69, 9.17) is 4.74 Å². The third-order valence-corrected chi connectivity index (χ3v) is 4.70. The van der Waals surface area contributed by atoms with Gasteiger partial charge in [-0.1, -0.05) is 6.07 Å². The van der Waals surface area contributed by atoms with E-state index in [0.29, 0.717) is 6.04 Å². The van der Waals surface area contributed by atoms with Crippen LogP contribution in [0.15, 0.2) is 17.5 Å². The van der Waals surface area contributed by atoms with E-state index in [0.717, 1.165) is 45.3 Å². The van der Waals surface area contributed by atoms with Gasteiger partial charge in [0.1, 0.15) is 5.60 Å². The first kappa shape index (κ1) is 17.3. The minimum absolute atomic E-state index is 0.174. The lowest BCUT2D eigenvalue weighted by Crippen LogP contribution is -2.38. The summed E-state index contributed by atoms with van der Waals surface area (Å²) in [7, 11) is 0. The second-order valence-electron chi connectivity index (χ2n) is 6.88. The summed E-state index contributed by atoms with van der Waals surface area (Å²) < 4.78 is 5.47. The number of carbonyl (C=O) groups excluding carboxylic acids is 1. The molecule has 2 rings (SSSR count). The number of amides is 1. The average molecular weight is 324 g/mol. The highest BCUT2D eigenvalue weighted by Gasteiger charge is 2.24. The Bertz CT molecular complexity index is 454. The molecule has 124 valence electrons. The van der Waals surface area contributed by atoms with Crippen molar-refractivity contribution in [3.05, 3.63) is 22.4 Å². The third kappa shape index (κ3) is 5.97. The molecule has 22 heavy (non-hydrogen) atoms. The van der Waals surface area contributed by atoms with Crippen molar-refractivity contribution in [1.29, 1.82) is 0 Å². The highest BCUT2D eigenvalue weighted by molar-refractivity contribution is 7.09. The van der Waals surface area contributed by atoms with Crippen LogP contribution in [0.2, 0.25) is 0 Å². The highest BCUT2D eigenvalue weighted by atomic mass is 32.1. The largest absolute Gasteiger partial charge is 0.444 e. The third-order valence-electron chi connectivity index (χ3n) is 3.76. The lowest BCUT2D eigenvalue weighted by Gasteiger charge is -2.26. The second kappa shape index (κ2) is 7.97. The quantitative estimate of drug-likeness (QED) is 0.919. The molecule has 1 unspecified atom stereocenters. The van der Waals surface area contributed by atoms with Crippen LogP contribution >= 0.6 is 11.3 Å². The summed E-state index contributed by atoms with van der Waals surface area (Å²) in [5.74, 6) is 0. The zero-order chi connectivity index (χ0) is 16.0. The maximum atomic E-state index is 12.1. The Morgan fingerprint density at radius 2 is 2.23 bits per heavy atom. The molecule has 1 fully saturated rings. The molecule has 0 radical (unpaired) electrons. The van der Waals surface area contributed by atoms with Crippen LogP contribution in [0.1, 0.15) is 44.9 Å². The fourth-order valence-electron chi connectivity index (χ4n) is 2.66. The molecule has 0 saturated carbocycles. The zero-order valence-electron chi connectivity index (χ0n) is 13.9. The first-order chi connectivity index (χ1) is 10.4. The number of hydrogen-bond acceptors (Lipinski definition) is 4. The molecule has 1 amide bonds. The molecule has 1 aliphatic rings. The summed E-state index contributed by atoms with van der Waals surface area (Å²) in [4.78, 5) is 15.4. The summed E-state index contributed by atoms with van der Waals surface area (Å²) >= 11 is 1.81. The molecule has 1 aromatic heterocycles. The molecule has 4 nitrogen and oxygen atoms in total. The number of thiophene rings is 1. The Morgan fingerprint density at radius 3 is 2.91 bits per heavy atom. The molecular weight excluding hydrogens is 296 g/mol. The van der Waals surface area contributed by atoms with Gasteiger partial charge in [-0.25, -0.2) is 4.79 Å². The van der Waals surface area contributed by atoms with Crippen LogP contribution < -0.4 is 5.32 Å². The molecule has 1 saturated heterocycles. The van der Waals surface area contributed by atoms with Crippen molar-refractivity contribution < 1.29 is 9.53 Å². The maximum absolute atomic E-state index is 12.1. The topological polar surface area (TPSA) is 41.6 Å². The number of hydrogen-bond donors (Lipinski definition) is 1. The normalized spacial score (nSPS) is 19.8. The molecule has 1 aromatic rings. The van der Waals surface area contributed by atoms with Gasteiger partial charge in [0, 0.05) is 30.6 Å². The van der Waals surface area contributed by atoms with Gasteiger partial charge >= 0.3 is 6.09 Å². The van der Waals surface area contributed by atoms with Crippen LogP contribution in [-0.4, -0.2) is 42.3 Å². The molecule has 0 bridgehead atoms. The van der Waals surface area contributed by atoms with E-state index in [-0.39, 0.29) is 6.09 Å². The van der Waals surface area contributed by atoms with Crippen molar-refractivity contribution in [2.45, 2.75) is 58.1 Å². The minimum Gasteiger partial charge on any atom is -0.444 e. The van der Waals surface area contributed by atoms with E-state index in [2.05, 4.69) is 22.8 Å². The van der Waals surface area contributed by atoms with E-state index in [1.165, 1.54) is 4.88 Å². The maximum Gasteiger partial charge on any atom is 0.410 e. The van der Waals surface area contributed by atoms with Crippen LogP contribution in [-0.2, 0) is 11.2 Å². The molecule has 1 aliphatic heterocycles. The van der Waals surface area contributed by atoms with Gasteiger partial charge in [0.15, 0.2) is 0 Å². The van der Waals surface area contributed by atoms with E-state index in [1.807, 2.05) is 37.0 Å². The lowest BCUT2D eigenvalue weighted by atomic mass is 10.1. The van der Waals surface area contributed by atoms with Crippen molar-refractivity contribution in [3.8, 4) is 0 Å². The number of rotatable bonds is 4. The van der Waals surface area contributed by atoms with Gasteiger partial charge < -0.3 is 15.0 Å². The molecule has 0 aromatic carbocycles. The summed E-state index contributed by atoms with van der Waals surface area (Å²) in [6.07, 6.45) is 4.08. The molecule has 0 aliphatic carbocycles. The summed E-state index contributed by atoms with van der Waals surface area (Å²) in [5.41, 5.74) is -0.415. The average Bonchev–Trinajstić information content (AvgIpc) is 2.81. The van der Waals surface area contributed by atoms with Crippen molar-refractivity contribution in [3.63, 3.8) is 0 Å². The number of ether oxygens (including phenoxy) is 1. The summed E-state index contributed by atoms with van der Waals surface area (Å²) in [6.45, 7) is 8.34. The predicted octanol–water partition coefficient (Wildman–Crippen LogP) is 3.67. The summed E-state index contributed by atoms with van der Waals surface area (Å²) in [6, 6.07) is 4.79. The first-order valence-electron chi connectivity index (χ1n) is 8.18. The smallest absolute Gasteiger partial charge is 0.410 e. The number of carbonyl (C=O) groups is 1. The van der Waals surface area contributed by atoms with Gasteiger partial charge in [0.05, 0.1) is 0 Å². The molecule has 2 heterocycles. The van der Waals surface area contributed by atoms with Crippen molar-refractivity contribution in [2.75, 3.05) is 19.6 Å². The fraction of sp³-hybridized carbons (Fsp3) is 0.706. The van der Waals surface area contributed by atoms with Crippen LogP contribution in [0.5, 0.6) is 0 Å². The predicted molar refractivity (Wildman–Crippen MR) is 91.5 cm³/mol. The SMILES string of the molecule is CC(C)(C)OC(=O)N1CCCC(NCCc2cccs2)CC1. The number of likely N-dealkylation sites (tertiary alicyclic amines) is 1. The fourth-order valence-corrected chi connectivity index (χ4v) is 3.37. The highest BCUT2D eigenvalue weighted by Crippen LogP contribution is 2.16. The van der Waals surface area contributed by atoms with Crippen LogP contribution in [0.4, 0.5) is 4.79 Å². The van der Waals surface area contributed by atoms with E-state index in [1.54, 1.807) is 0 Å². The number of nitrogens with one attached hydrogen (secondary N) is 1. The van der Waals surface area contributed by atoms with Gasteiger partial charge in [-0.3, -0.25) is 0 Å². The van der Waals surface area contributed by atoms with Gasteiger partial charge in [0.25, 0.3) is 0 Å². The van der Waals surface area contributed by atoms with Crippen molar-refractivity contribution in [1.82, 2.24) is 10.2 Å². The van der Waals surface area contributed by atoms with Gasteiger partial charge in [-0.2, -0.15) is 0 Å². The van der Waals surface area contributed by atoms with Gasteiger partial charge in [-0.05, 0) is 57.9 Å². The molecule has 0 spiro atoms. The minimum atomic E-state index is -0.415.